The number of rotatable bonds is 3. The van der Waals surface area contributed by atoms with Crippen LogP contribution < -0.4 is 0 Å². The molecular formula is C14H14F2N2. The van der Waals surface area contributed by atoms with E-state index in [0.29, 0.717) is 6.04 Å². The van der Waals surface area contributed by atoms with Gasteiger partial charge in [-0.1, -0.05) is 0 Å². The summed E-state index contributed by atoms with van der Waals surface area (Å²) in [5.41, 5.74) is 1.01. The normalized spacial score (nSPS) is 11.6. The third-order valence-corrected chi connectivity index (χ3v) is 2.60. The summed E-state index contributed by atoms with van der Waals surface area (Å²) < 4.78 is 28.1. The van der Waals surface area contributed by atoms with Crippen molar-refractivity contribution in [1.82, 2.24) is 4.57 Å². The minimum atomic E-state index is -0.658. The first-order chi connectivity index (χ1) is 8.56. The Hall–Kier alpha value is -1.97. The maximum Gasteiger partial charge on any atom is 0.151 e. The molecule has 18 heavy (non-hydrogen) atoms. The molecule has 0 radical (unpaired) electrons. The van der Waals surface area contributed by atoms with Gasteiger partial charge in [0.2, 0.25) is 0 Å². The highest BCUT2D eigenvalue weighted by molar-refractivity contribution is 5.81. The molecule has 0 bridgehead atoms. The molecular weight excluding hydrogens is 234 g/mol. The molecule has 0 N–H and O–H groups in total. The Bertz CT molecular complexity index is 571. The van der Waals surface area contributed by atoms with Crippen LogP contribution >= 0.6 is 0 Å². The summed E-state index contributed by atoms with van der Waals surface area (Å²) in [5, 5.41) is 0. The zero-order chi connectivity index (χ0) is 13.1. The molecule has 1 aromatic heterocycles. The third-order valence-electron chi connectivity index (χ3n) is 2.60. The summed E-state index contributed by atoms with van der Waals surface area (Å²) >= 11 is 0. The topological polar surface area (TPSA) is 17.3 Å². The zero-order valence-electron chi connectivity index (χ0n) is 10.3. The maximum absolute atomic E-state index is 13.3. The van der Waals surface area contributed by atoms with Crippen LogP contribution in [-0.2, 0) is 0 Å². The highest BCUT2D eigenvalue weighted by atomic mass is 19.1. The van der Waals surface area contributed by atoms with E-state index >= 15 is 0 Å². The molecule has 0 aliphatic carbocycles. The number of aromatic nitrogens is 1. The van der Waals surface area contributed by atoms with Crippen molar-refractivity contribution >= 4 is 11.9 Å². The molecule has 0 spiro atoms. The molecule has 0 aliphatic rings. The molecule has 1 aromatic carbocycles. The number of hydrogen-bond acceptors (Lipinski definition) is 1. The monoisotopic (exact) mass is 248 g/mol. The van der Waals surface area contributed by atoms with E-state index in [1.807, 2.05) is 23.0 Å². The average Bonchev–Trinajstić information content (AvgIpc) is 2.76. The van der Waals surface area contributed by atoms with Gasteiger partial charge in [-0.25, -0.2) is 8.78 Å². The van der Waals surface area contributed by atoms with E-state index in [4.69, 9.17) is 0 Å². The van der Waals surface area contributed by atoms with Gasteiger partial charge in [0, 0.05) is 36.3 Å². The van der Waals surface area contributed by atoms with Gasteiger partial charge in [0.25, 0.3) is 0 Å². The lowest BCUT2D eigenvalue weighted by Crippen LogP contribution is -1.95. The van der Waals surface area contributed by atoms with Crippen LogP contribution in [0.4, 0.5) is 14.5 Å². The summed E-state index contributed by atoms with van der Waals surface area (Å²) in [7, 11) is 0. The first-order valence-electron chi connectivity index (χ1n) is 5.73. The lowest BCUT2D eigenvalue weighted by atomic mass is 10.3. The van der Waals surface area contributed by atoms with Crippen LogP contribution in [0, 0.1) is 11.6 Å². The lowest BCUT2D eigenvalue weighted by Gasteiger charge is -2.04. The van der Waals surface area contributed by atoms with Gasteiger partial charge >= 0.3 is 0 Å². The van der Waals surface area contributed by atoms with Crippen molar-refractivity contribution < 1.29 is 8.78 Å². The molecule has 0 unspecified atom stereocenters. The number of benzene rings is 1. The van der Waals surface area contributed by atoms with Crippen LogP contribution in [0.3, 0.4) is 0 Å². The first kappa shape index (κ1) is 12.5. The molecule has 1 heterocycles. The van der Waals surface area contributed by atoms with Gasteiger partial charge in [-0.05, 0) is 32.0 Å². The number of hydrogen-bond donors (Lipinski definition) is 0. The molecule has 94 valence electrons. The van der Waals surface area contributed by atoms with E-state index in [0.717, 1.165) is 11.6 Å². The summed E-state index contributed by atoms with van der Waals surface area (Å²) in [6.07, 6.45) is 5.43. The van der Waals surface area contributed by atoms with Crippen LogP contribution in [0.5, 0.6) is 0 Å². The van der Waals surface area contributed by atoms with E-state index in [9.17, 15) is 8.78 Å². The van der Waals surface area contributed by atoms with E-state index in [1.54, 1.807) is 6.21 Å². The zero-order valence-corrected chi connectivity index (χ0v) is 10.3. The molecule has 4 heteroatoms. The largest absolute Gasteiger partial charge is 0.351 e. The predicted octanol–water partition coefficient (Wildman–Crippen LogP) is 4.10. The molecule has 2 nitrogen and oxygen atoms in total. The van der Waals surface area contributed by atoms with Crippen molar-refractivity contribution in [3.8, 4) is 0 Å². The standard InChI is InChI=1S/C14H14F2N2/c1-10(2)18-6-5-11(9-18)8-17-14-4-3-12(15)7-13(14)16/h3-10H,1-2H3. The first-order valence-corrected chi connectivity index (χ1v) is 5.73. The van der Waals surface area contributed by atoms with Crippen LogP contribution in [0.1, 0.15) is 25.5 Å². The second-order valence-electron chi connectivity index (χ2n) is 4.34. The Balaban J connectivity index is 2.19. The van der Waals surface area contributed by atoms with Crippen molar-refractivity contribution in [3.63, 3.8) is 0 Å². The Morgan fingerprint density at radius 3 is 2.61 bits per heavy atom. The van der Waals surface area contributed by atoms with Gasteiger partial charge in [0.05, 0.1) is 5.69 Å². The van der Waals surface area contributed by atoms with Crippen LogP contribution in [0.25, 0.3) is 0 Å². The van der Waals surface area contributed by atoms with E-state index in [-0.39, 0.29) is 5.69 Å². The van der Waals surface area contributed by atoms with Crippen molar-refractivity contribution in [1.29, 1.82) is 0 Å². The predicted molar refractivity (Wildman–Crippen MR) is 68.4 cm³/mol. The van der Waals surface area contributed by atoms with Crippen LogP contribution in [0.2, 0.25) is 0 Å². The second kappa shape index (κ2) is 5.12. The Morgan fingerprint density at radius 2 is 2.00 bits per heavy atom. The highest BCUT2D eigenvalue weighted by Crippen LogP contribution is 2.18. The van der Waals surface area contributed by atoms with Crippen molar-refractivity contribution in [2.75, 3.05) is 0 Å². The summed E-state index contributed by atoms with van der Waals surface area (Å²) in [5.74, 6) is -1.26. The van der Waals surface area contributed by atoms with Gasteiger partial charge in [0.1, 0.15) is 5.82 Å². The second-order valence-corrected chi connectivity index (χ2v) is 4.34. The molecule has 2 rings (SSSR count). The molecule has 0 fully saturated rings. The van der Waals surface area contributed by atoms with Crippen LogP contribution in [-0.4, -0.2) is 10.8 Å². The lowest BCUT2D eigenvalue weighted by molar-refractivity contribution is 0.585. The van der Waals surface area contributed by atoms with Crippen molar-refractivity contribution in [3.05, 3.63) is 53.9 Å². The Morgan fingerprint density at radius 1 is 1.22 bits per heavy atom. The molecule has 2 aromatic rings. The van der Waals surface area contributed by atoms with Gasteiger partial charge in [-0.15, -0.1) is 0 Å². The van der Waals surface area contributed by atoms with Crippen molar-refractivity contribution in [2.45, 2.75) is 19.9 Å². The van der Waals surface area contributed by atoms with E-state index < -0.39 is 11.6 Å². The van der Waals surface area contributed by atoms with Gasteiger partial charge < -0.3 is 4.57 Å². The summed E-state index contributed by atoms with van der Waals surface area (Å²) in [6.45, 7) is 4.14. The minimum absolute atomic E-state index is 0.133. The van der Waals surface area contributed by atoms with Gasteiger partial charge in [-0.2, -0.15) is 0 Å². The third kappa shape index (κ3) is 2.83. The fourth-order valence-electron chi connectivity index (χ4n) is 1.56. The highest BCUT2D eigenvalue weighted by Gasteiger charge is 2.02. The van der Waals surface area contributed by atoms with E-state index in [2.05, 4.69) is 18.8 Å². The summed E-state index contributed by atoms with van der Waals surface area (Å²) in [4.78, 5) is 4.01. The fourth-order valence-corrected chi connectivity index (χ4v) is 1.56. The summed E-state index contributed by atoms with van der Waals surface area (Å²) in [6, 6.07) is 5.60. The molecule has 0 saturated carbocycles. The Labute approximate surface area is 105 Å². The Kier molecular flexibility index (Phi) is 3.55. The molecule has 0 amide bonds. The van der Waals surface area contributed by atoms with E-state index in [1.165, 1.54) is 12.1 Å². The smallest absolute Gasteiger partial charge is 0.151 e. The fraction of sp³-hybridized carbons (Fsp3) is 0.214. The van der Waals surface area contributed by atoms with Crippen molar-refractivity contribution in [2.24, 2.45) is 4.99 Å². The average molecular weight is 248 g/mol. The SMILES string of the molecule is CC(C)n1ccc(C=Nc2ccc(F)cc2F)c1. The molecule has 0 aliphatic heterocycles. The van der Waals surface area contributed by atoms with Gasteiger partial charge in [-0.3, -0.25) is 4.99 Å². The minimum Gasteiger partial charge on any atom is -0.351 e. The molecule has 0 atom stereocenters. The number of nitrogens with zero attached hydrogens (tertiary/aromatic N) is 2. The quantitative estimate of drug-likeness (QED) is 0.728. The van der Waals surface area contributed by atoms with Gasteiger partial charge in [0.15, 0.2) is 5.82 Å². The van der Waals surface area contributed by atoms with Crippen LogP contribution in [0.15, 0.2) is 41.7 Å². The maximum atomic E-state index is 13.3. The molecule has 0 saturated heterocycles. The number of aliphatic imine (C=N–C) groups is 1. The number of halogens is 2.